The molecule has 3 aliphatic heterocycles. The van der Waals surface area contributed by atoms with Crippen LogP contribution in [0.5, 0.6) is 5.75 Å². The van der Waals surface area contributed by atoms with Gasteiger partial charge in [-0.05, 0) is 73.4 Å². The molecule has 4 N–H and O–H groups in total. The molecule has 4 bridgehead atoms. The molecule has 6 rings (SSSR count). The van der Waals surface area contributed by atoms with E-state index in [-0.39, 0.29) is 49.1 Å². The number of carbonyl (C=O) groups is 3. The summed E-state index contributed by atoms with van der Waals surface area (Å²) in [6.07, 6.45) is -0.313. The van der Waals surface area contributed by atoms with E-state index in [0.717, 1.165) is 12.1 Å². The molecule has 0 unspecified atom stereocenters. The van der Waals surface area contributed by atoms with Crippen molar-refractivity contribution in [1.82, 2.24) is 15.5 Å². The second kappa shape index (κ2) is 13.4. The van der Waals surface area contributed by atoms with Crippen LogP contribution < -0.4 is 20.7 Å². The number of aliphatic hydroxyl groups is 1. The third kappa shape index (κ3) is 6.95. The molecular formula is C33H33F3N4O6. The van der Waals surface area contributed by atoms with Crippen LogP contribution in [0.15, 0.2) is 60.7 Å². The van der Waals surface area contributed by atoms with Gasteiger partial charge in [0.05, 0.1) is 24.4 Å². The summed E-state index contributed by atoms with van der Waals surface area (Å²) >= 11 is 0. The molecule has 2 saturated heterocycles. The zero-order valence-corrected chi connectivity index (χ0v) is 24.7. The molecule has 46 heavy (non-hydrogen) atoms. The highest BCUT2D eigenvalue weighted by Crippen LogP contribution is 2.31. The van der Waals surface area contributed by atoms with Crippen molar-refractivity contribution in [2.45, 2.75) is 56.1 Å². The van der Waals surface area contributed by atoms with Crippen molar-refractivity contribution in [2.24, 2.45) is 0 Å². The van der Waals surface area contributed by atoms with E-state index in [1.165, 1.54) is 53.4 Å². The molecule has 3 heterocycles. The molecular weight excluding hydrogens is 605 g/mol. The summed E-state index contributed by atoms with van der Waals surface area (Å²) < 4.78 is 53.8. The van der Waals surface area contributed by atoms with E-state index in [2.05, 4.69) is 16.0 Å². The van der Waals surface area contributed by atoms with Crippen LogP contribution in [0, 0.1) is 17.5 Å². The van der Waals surface area contributed by atoms with Gasteiger partial charge in [0.1, 0.15) is 35.3 Å². The van der Waals surface area contributed by atoms with Crippen LogP contribution in [0.25, 0.3) is 11.1 Å². The van der Waals surface area contributed by atoms with Gasteiger partial charge in [0, 0.05) is 42.9 Å². The average molecular weight is 639 g/mol. The molecule has 0 saturated carbocycles. The lowest BCUT2D eigenvalue weighted by molar-refractivity contribution is -0.133. The summed E-state index contributed by atoms with van der Waals surface area (Å²) in [6.45, 7) is 0.128. The first-order valence-electron chi connectivity index (χ1n) is 15.1. The van der Waals surface area contributed by atoms with Crippen LogP contribution in [0.1, 0.15) is 36.0 Å². The molecule has 0 aromatic heterocycles. The smallest absolute Gasteiger partial charge is 0.322 e. The quantitative estimate of drug-likeness (QED) is 0.336. The minimum absolute atomic E-state index is 0.00767. The lowest BCUT2D eigenvalue weighted by atomic mass is 9.99. The van der Waals surface area contributed by atoms with E-state index in [1.807, 2.05) is 0 Å². The van der Waals surface area contributed by atoms with E-state index in [1.54, 1.807) is 0 Å². The third-order valence-electron chi connectivity index (χ3n) is 8.52. The minimum atomic E-state index is -0.977. The number of hydrogen-bond acceptors (Lipinski definition) is 6. The molecule has 10 nitrogen and oxygen atoms in total. The van der Waals surface area contributed by atoms with Gasteiger partial charge < -0.3 is 35.4 Å². The van der Waals surface area contributed by atoms with Gasteiger partial charge in [0.15, 0.2) is 0 Å². The van der Waals surface area contributed by atoms with E-state index < -0.39 is 59.6 Å². The van der Waals surface area contributed by atoms with Crippen LogP contribution in [-0.4, -0.2) is 77.9 Å². The number of carbonyl (C=O) groups excluding carboxylic acids is 3. The zero-order valence-electron chi connectivity index (χ0n) is 24.7. The van der Waals surface area contributed by atoms with Crippen LogP contribution in [0.4, 0.5) is 23.7 Å². The second-order valence-electron chi connectivity index (χ2n) is 11.7. The first-order chi connectivity index (χ1) is 22.1. The lowest BCUT2D eigenvalue weighted by Gasteiger charge is -2.34. The van der Waals surface area contributed by atoms with Crippen molar-refractivity contribution in [2.75, 3.05) is 25.0 Å². The van der Waals surface area contributed by atoms with Crippen molar-refractivity contribution in [3.8, 4) is 16.9 Å². The Balaban J connectivity index is 1.30. The largest absolute Gasteiger partial charge is 0.493 e. The Kier molecular flexibility index (Phi) is 9.13. The number of fused-ring (bicyclic) bond motifs is 5. The number of rotatable bonds is 2. The summed E-state index contributed by atoms with van der Waals surface area (Å²) in [6, 6.07) is 10.7. The Morgan fingerprint density at radius 2 is 1.70 bits per heavy atom. The van der Waals surface area contributed by atoms with Crippen LogP contribution in [-0.2, 0) is 9.53 Å². The predicted octanol–water partition coefficient (Wildman–Crippen LogP) is 3.98. The number of benzene rings is 3. The summed E-state index contributed by atoms with van der Waals surface area (Å²) in [5, 5.41) is 18.9. The number of aliphatic hydroxyl groups excluding tert-OH is 1. The Labute approximate surface area is 262 Å². The molecule has 0 spiro atoms. The van der Waals surface area contributed by atoms with Gasteiger partial charge in [-0.25, -0.2) is 18.0 Å². The first kappa shape index (κ1) is 31.4. The van der Waals surface area contributed by atoms with Crippen molar-refractivity contribution in [3.05, 3.63) is 83.7 Å². The van der Waals surface area contributed by atoms with Crippen molar-refractivity contribution < 1.29 is 42.1 Å². The summed E-state index contributed by atoms with van der Waals surface area (Å²) in [5.74, 6) is -2.82. The maximum absolute atomic E-state index is 14.6. The van der Waals surface area contributed by atoms with E-state index in [0.29, 0.717) is 30.5 Å². The standard InChI is InChI=1S/C33H33F3N4O6/c34-19-2-5-21(6-3-19)39-33(44)40-17-22-15-27(40)32(43)37-16-30-28(41)10-7-23(46-30)11-12-45-29-13-18(1-8-25(29)31(42)38-22)24-9-4-20(35)14-26(24)36/h1-6,8-9,13-14,22-23,27-28,30,41H,7,10-12,15-17H2,(H,37,43)(H,38,42)(H,39,44)/t22-,23-,27-,28-,30+/m0/s1. The van der Waals surface area contributed by atoms with Gasteiger partial charge in [-0.3, -0.25) is 9.59 Å². The number of likely N-dealkylation sites (tertiary alicyclic amines) is 1. The van der Waals surface area contributed by atoms with Crippen LogP contribution in [0.2, 0.25) is 0 Å². The highest BCUT2D eigenvalue weighted by atomic mass is 19.1. The maximum Gasteiger partial charge on any atom is 0.322 e. The molecule has 5 atom stereocenters. The summed E-state index contributed by atoms with van der Waals surface area (Å²) in [4.78, 5) is 41.7. The van der Waals surface area contributed by atoms with Gasteiger partial charge in [0.25, 0.3) is 5.91 Å². The monoisotopic (exact) mass is 638 g/mol. The normalized spacial score (nSPS) is 25.1. The Hall–Kier alpha value is -4.62. The molecule has 0 aliphatic carbocycles. The molecule has 0 radical (unpaired) electrons. The number of nitrogens with zero attached hydrogens (tertiary/aromatic N) is 1. The molecule has 13 heteroatoms. The molecule has 2 fully saturated rings. The fourth-order valence-corrected chi connectivity index (χ4v) is 6.09. The predicted molar refractivity (Wildman–Crippen MR) is 161 cm³/mol. The fraction of sp³-hybridized carbons (Fsp3) is 0.364. The fourth-order valence-electron chi connectivity index (χ4n) is 6.09. The second-order valence-corrected chi connectivity index (χ2v) is 11.7. The number of urea groups is 1. The molecule has 3 aliphatic rings. The average Bonchev–Trinajstić information content (AvgIpc) is 3.45. The maximum atomic E-state index is 14.6. The molecule has 3 aromatic carbocycles. The van der Waals surface area contributed by atoms with Crippen molar-refractivity contribution >= 4 is 23.5 Å². The lowest BCUT2D eigenvalue weighted by Crippen LogP contribution is -2.51. The first-order valence-corrected chi connectivity index (χ1v) is 15.1. The van der Waals surface area contributed by atoms with Gasteiger partial charge in [0.2, 0.25) is 5.91 Å². The number of ether oxygens (including phenoxy) is 2. The van der Waals surface area contributed by atoms with Gasteiger partial charge >= 0.3 is 6.03 Å². The number of hydrogen-bond donors (Lipinski definition) is 4. The zero-order chi connectivity index (χ0) is 32.4. The summed E-state index contributed by atoms with van der Waals surface area (Å²) in [5.41, 5.74) is 0.962. The van der Waals surface area contributed by atoms with Gasteiger partial charge in [-0.2, -0.15) is 0 Å². The van der Waals surface area contributed by atoms with Crippen LogP contribution >= 0.6 is 0 Å². The number of amides is 4. The number of anilines is 1. The van der Waals surface area contributed by atoms with E-state index >= 15 is 0 Å². The van der Waals surface area contributed by atoms with Crippen molar-refractivity contribution in [3.63, 3.8) is 0 Å². The minimum Gasteiger partial charge on any atom is -0.493 e. The Morgan fingerprint density at radius 3 is 2.48 bits per heavy atom. The Bertz CT molecular complexity index is 1620. The molecule has 3 aromatic rings. The highest BCUT2D eigenvalue weighted by Gasteiger charge is 2.41. The summed E-state index contributed by atoms with van der Waals surface area (Å²) in [7, 11) is 0. The van der Waals surface area contributed by atoms with Crippen molar-refractivity contribution in [1.29, 1.82) is 0 Å². The number of nitrogens with one attached hydrogen (secondary N) is 3. The van der Waals surface area contributed by atoms with E-state index in [9.17, 15) is 32.7 Å². The van der Waals surface area contributed by atoms with Gasteiger partial charge in [-0.15, -0.1) is 0 Å². The molecule has 4 amide bonds. The van der Waals surface area contributed by atoms with E-state index in [4.69, 9.17) is 9.47 Å². The highest BCUT2D eigenvalue weighted by molar-refractivity contribution is 5.98. The van der Waals surface area contributed by atoms with Gasteiger partial charge in [-0.1, -0.05) is 6.07 Å². The van der Waals surface area contributed by atoms with Crippen LogP contribution in [0.3, 0.4) is 0 Å². The molecule has 242 valence electrons. The third-order valence-corrected chi connectivity index (χ3v) is 8.52. The number of halogens is 3. The topological polar surface area (TPSA) is 129 Å². The SMILES string of the molecule is O=C1N[C@H]2C[C@@H](C(=O)NC[C@H]3O[C@H](CCOc4cc(-c5ccc(F)cc5F)ccc41)CC[C@@H]3O)N(C(=O)Nc1ccc(F)cc1)C2. The Morgan fingerprint density at radius 1 is 0.935 bits per heavy atom.